The number of aliphatic hydroxyl groups excluding tert-OH is 2. The number of para-hydroxylation sites is 1. The van der Waals surface area contributed by atoms with Crippen molar-refractivity contribution < 1.29 is 14.9 Å². The Kier molecular flexibility index (Phi) is 7.59. The van der Waals surface area contributed by atoms with Crippen LogP contribution in [0.5, 0.6) is 5.75 Å². The molecule has 0 bridgehead atoms. The van der Waals surface area contributed by atoms with Gasteiger partial charge in [-0.25, -0.2) is 0 Å². The van der Waals surface area contributed by atoms with Gasteiger partial charge in [-0.2, -0.15) is 0 Å². The molecule has 1 rings (SSSR count). The Morgan fingerprint density at radius 3 is 2.55 bits per heavy atom. The van der Waals surface area contributed by atoms with Crippen LogP contribution in [0, 0.1) is 0 Å². The molecule has 0 aliphatic heterocycles. The lowest BCUT2D eigenvalue weighted by atomic mass is 10.0. The lowest BCUT2D eigenvalue weighted by molar-refractivity contribution is 0.0989. The summed E-state index contributed by atoms with van der Waals surface area (Å²) < 4.78 is 5.71. The first-order valence-electron chi connectivity index (χ1n) is 7.32. The third kappa shape index (κ3) is 5.49. The fourth-order valence-electron chi connectivity index (χ4n) is 1.97. The first-order valence-corrected chi connectivity index (χ1v) is 7.32. The molecular formula is C16H27NO3. The monoisotopic (exact) mass is 281 g/mol. The molecule has 4 heteroatoms. The molecule has 1 aromatic carbocycles. The van der Waals surface area contributed by atoms with Gasteiger partial charge in [0.25, 0.3) is 0 Å². The van der Waals surface area contributed by atoms with Crippen LogP contribution in [-0.4, -0.2) is 42.1 Å². The van der Waals surface area contributed by atoms with Crippen molar-refractivity contribution in [1.82, 2.24) is 5.32 Å². The zero-order valence-corrected chi connectivity index (χ0v) is 12.7. The van der Waals surface area contributed by atoms with E-state index in [1.54, 1.807) is 0 Å². The van der Waals surface area contributed by atoms with Gasteiger partial charge in [0.15, 0.2) is 0 Å². The zero-order chi connectivity index (χ0) is 15.0. The number of aliphatic hydroxyl groups is 2. The molecule has 4 nitrogen and oxygen atoms in total. The van der Waals surface area contributed by atoms with Crippen molar-refractivity contribution in [2.45, 2.75) is 45.3 Å². The van der Waals surface area contributed by atoms with Gasteiger partial charge >= 0.3 is 0 Å². The van der Waals surface area contributed by atoms with Gasteiger partial charge in [-0.3, -0.25) is 0 Å². The molecule has 114 valence electrons. The first-order chi connectivity index (χ1) is 9.58. The maximum absolute atomic E-state index is 9.91. The largest absolute Gasteiger partial charge is 0.491 e. The fourth-order valence-corrected chi connectivity index (χ4v) is 1.97. The number of nitrogens with one attached hydrogen (secondary N) is 1. The van der Waals surface area contributed by atoms with E-state index in [2.05, 4.69) is 19.2 Å². The standard InChI is InChI=1S/C16H27NO3/c1-4-13(10-18)17-9-14(19)11-20-16-8-6-5-7-15(16)12(2)3/h5-8,12-14,17-19H,4,9-11H2,1-3H3. The highest BCUT2D eigenvalue weighted by Crippen LogP contribution is 2.25. The highest BCUT2D eigenvalue weighted by Gasteiger charge is 2.11. The van der Waals surface area contributed by atoms with E-state index >= 15 is 0 Å². The van der Waals surface area contributed by atoms with Crippen LogP contribution in [0.1, 0.15) is 38.7 Å². The average molecular weight is 281 g/mol. The van der Waals surface area contributed by atoms with Crippen LogP contribution in [0.3, 0.4) is 0 Å². The predicted molar refractivity (Wildman–Crippen MR) is 81.2 cm³/mol. The minimum Gasteiger partial charge on any atom is -0.491 e. The molecule has 3 N–H and O–H groups in total. The van der Waals surface area contributed by atoms with Crippen molar-refractivity contribution in [2.24, 2.45) is 0 Å². The Balaban J connectivity index is 2.43. The molecule has 0 heterocycles. The highest BCUT2D eigenvalue weighted by molar-refractivity contribution is 5.35. The molecule has 2 atom stereocenters. The Morgan fingerprint density at radius 2 is 1.95 bits per heavy atom. The van der Waals surface area contributed by atoms with Crippen molar-refractivity contribution in [2.75, 3.05) is 19.8 Å². The number of benzene rings is 1. The SMILES string of the molecule is CCC(CO)NCC(O)COc1ccccc1C(C)C. The molecule has 0 spiro atoms. The first kappa shape index (κ1) is 17.0. The Labute approximate surface area is 121 Å². The minimum atomic E-state index is -0.587. The van der Waals surface area contributed by atoms with E-state index in [1.807, 2.05) is 31.2 Å². The van der Waals surface area contributed by atoms with Gasteiger partial charge in [-0.15, -0.1) is 0 Å². The van der Waals surface area contributed by atoms with E-state index in [0.717, 1.165) is 17.7 Å². The van der Waals surface area contributed by atoms with Crippen LogP contribution in [-0.2, 0) is 0 Å². The third-order valence-corrected chi connectivity index (χ3v) is 3.33. The molecule has 1 aromatic rings. The maximum atomic E-state index is 9.91. The number of hydrogen-bond acceptors (Lipinski definition) is 4. The van der Waals surface area contributed by atoms with Gasteiger partial charge in [0, 0.05) is 12.6 Å². The van der Waals surface area contributed by atoms with Gasteiger partial charge in [0.2, 0.25) is 0 Å². The van der Waals surface area contributed by atoms with E-state index < -0.39 is 6.10 Å². The molecule has 0 fully saturated rings. The number of ether oxygens (including phenoxy) is 1. The summed E-state index contributed by atoms with van der Waals surface area (Å²) in [6.45, 7) is 6.98. The molecule has 0 saturated carbocycles. The van der Waals surface area contributed by atoms with Crippen LogP contribution in [0.15, 0.2) is 24.3 Å². The highest BCUT2D eigenvalue weighted by atomic mass is 16.5. The number of hydrogen-bond donors (Lipinski definition) is 3. The topological polar surface area (TPSA) is 61.7 Å². The Morgan fingerprint density at radius 1 is 1.25 bits per heavy atom. The normalized spacial score (nSPS) is 14.3. The van der Waals surface area contributed by atoms with E-state index in [9.17, 15) is 5.11 Å². The van der Waals surface area contributed by atoms with Crippen LogP contribution in [0.2, 0.25) is 0 Å². The fraction of sp³-hybridized carbons (Fsp3) is 0.625. The molecule has 0 aliphatic carbocycles. The summed E-state index contributed by atoms with van der Waals surface area (Å²) in [5.74, 6) is 1.22. The minimum absolute atomic E-state index is 0.0348. The van der Waals surface area contributed by atoms with E-state index in [1.165, 1.54) is 0 Å². The summed E-state index contributed by atoms with van der Waals surface area (Å²) >= 11 is 0. The zero-order valence-electron chi connectivity index (χ0n) is 12.7. The summed E-state index contributed by atoms with van der Waals surface area (Å²) in [6, 6.07) is 7.94. The average Bonchev–Trinajstić information content (AvgIpc) is 2.46. The smallest absolute Gasteiger partial charge is 0.122 e. The van der Waals surface area contributed by atoms with Crippen LogP contribution in [0.25, 0.3) is 0 Å². The maximum Gasteiger partial charge on any atom is 0.122 e. The van der Waals surface area contributed by atoms with Gasteiger partial charge < -0.3 is 20.3 Å². The van der Waals surface area contributed by atoms with Crippen molar-refractivity contribution >= 4 is 0 Å². The summed E-state index contributed by atoms with van der Waals surface area (Å²) in [6.07, 6.45) is 0.246. The van der Waals surface area contributed by atoms with Gasteiger partial charge in [0.05, 0.1) is 6.61 Å². The Hall–Kier alpha value is -1.10. The predicted octanol–water partition coefficient (Wildman–Crippen LogP) is 1.91. The molecule has 0 amide bonds. The van der Waals surface area contributed by atoms with Crippen molar-refractivity contribution in [1.29, 1.82) is 0 Å². The Bertz CT molecular complexity index is 378. The van der Waals surface area contributed by atoms with Crippen molar-refractivity contribution in [3.63, 3.8) is 0 Å². The van der Waals surface area contributed by atoms with Gasteiger partial charge in [0.1, 0.15) is 18.5 Å². The second-order valence-electron chi connectivity index (χ2n) is 5.35. The molecule has 0 aromatic heterocycles. The van der Waals surface area contributed by atoms with E-state index in [-0.39, 0.29) is 19.3 Å². The summed E-state index contributed by atoms with van der Waals surface area (Å²) in [5, 5.41) is 22.1. The van der Waals surface area contributed by atoms with Crippen LogP contribution >= 0.6 is 0 Å². The third-order valence-electron chi connectivity index (χ3n) is 3.33. The van der Waals surface area contributed by atoms with Crippen LogP contribution < -0.4 is 10.1 Å². The van der Waals surface area contributed by atoms with Gasteiger partial charge in [-0.05, 0) is 24.0 Å². The molecule has 0 saturated heterocycles. The molecule has 20 heavy (non-hydrogen) atoms. The second kappa shape index (κ2) is 8.95. The molecule has 0 radical (unpaired) electrons. The summed E-state index contributed by atoms with van der Waals surface area (Å²) in [4.78, 5) is 0. The van der Waals surface area contributed by atoms with Gasteiger partial charge in [-0.1, -0.05) is 39.0 Å². The summed E-state index contributed by atoms with van der Waals surface area (Å²) in [7, 11) is 0. The van der Waals surface area contributed by atoms with Crippen molar-refractivity contribution in [3.8, 4) is 5.75 Å². The van der Waals surface area contributed by atoms with E-state index in [4.69, 9.17) is 9.84 Å². The molecule has 0 aliphatic rings. The van der Waals surface area contributed by atoms with Crippen LogP contribution in [0.4, 0.5) is 0 Å². The molecule has 2 unspecified atom stereocenters. The summed E-state index contributed by atoms with van der Waals surface area (Å²) in [5.41, 5.74) is 1.15. The molecular weight excluding hydrogens is 254 g/mol. The quantitative estimate of drug-likeness (QED) is 0.647. The van der Waals surface area contributed by atoms with Crippen molar-refractivity contribution in [3.05, 3.63) is 29.8 Å². The lowest BCUT2D eigenvalue weighted by Crippen LogP contribution is -2.39. The lowest BCUT2D eigenvalue weighted by Gasteiger charge is -2.19. The number of rotatable bonds is 9. The second-order valence-corrected chi connectivity index (χ2v) is 5.35. The van der Waals surface area contributed by atoms with E-state index in [0.29, 0.717) is 12.5 Å².